The van der Waals surface area contributed by atoms with Crippen LogP contribution >= 0.6 is 11.8 Å². The number of nitrogens with zero attached hydrogens (tertiary/aromatic N) is 1. The maximum absolute atomic E-state index is 13.1. The van der Waals surface area contributed by atoms with Crippen molar-refractivity contribution in [3.63, 3.8) is 0 Å². The van der Waals surface area contributed by atoms with Crippen LogP contribution in [0.3, 0.4) is 0 Å². The largest absolute Gasteiger partial charge is 0.483 e. The van der Waals surface area contributed by atoms with E-state index in [9.17, 15) is 27.2 Å². The summed E-state index contributed by atoms with van der Waals surface area (Å²) in [5.41, 5.74) is -0.179. The SMILES string of the molecule is N=C1S/C(=C\c2ccccc2OCC(=O)Nc2ccc(F)cc2)C(=O)N1c1cccc(C(F)(F)F)c1. The summed E-state index contributed by atoms with van der Waals surface area (Å²) in [4.78, 5) is 26.2. The maximum Gasteiger partial charge on any atom is 0.416 e. The highest BCUT2D eigenvalue weighted by Crippen LogP contribution is 2.38. The van der Waals surface area contributed by atoms with Gasteiger partial charge in [-0.15, -0.1) is 0 Å². The van der Waals surface area contributed by atoms with Crippen molar-refractivity contribution in [2.45, 2.75) is 6.18 Å². The zero-order valence-electron chi connectivity index (χ0n) is 18.3. The Bertz CT molecular complexity index is 1360. The molecule has 184 valence electrons. The zero-order chi connectivity index (χ0) is 25.9. The van der Waals surface area contributed by atoms with Crippen LogP contribution in [0, 0.1) is 11.2 Å². The van der Waals surface area contributed by atoms with Gasteiger partial charge in [0.1, 0.15) is 11.6 Å². The lowest BCUT2D eigenvalue weighted by Crippen LogP contribution is -2.28. The number of carbonyl (C=O) groups excluding carboxylic acids is 2. The minimum Gasteiger partial charge on any atom is -0.483 e. The van der Waals surface area contributed by atoms with Gasteiger partial charge in [0.25, 0.3) is 11.8 Å². The molecule has 0 unspecified atom stereocenters. The third kappa shape index (κ3) is 5.74. The number of alkyl halides is 3. The third-order valence-electron chi connectivity index (χ3n) is 4.95. The molecular weight excluding hydrogens is 498 g/mol. The molecule has 1 aliphatic rings. The molecule has 0 atom stereocenters. The molecule has 36 heavy (non-hydrogen) atoms. The van der Waals surface area contributed by atoms with Gasteiger partial charge in [0.15, 0.2) is 11.8 Å². The van der Waals surface area contributed by atoms with Crippen LogP contribution in [-0.2, 0) is 15.8 Å². The van der Waals surface area contributed by atoms with Crippen molar-refractivity contribution in [3.8, 4) is 5.75 Å². The van der Waals surface area contributed by atoms with E-state index in [-0.39, 0.29) is 28.1 Å². The van der Waals surface area contributed by atoms with E-state index in [0.29, 0.717) is 11.3 Å². The fraction of sp³-hybridized carbons (Fsp3) is 0.0800. The molecule has 3 aromatic rings. The van der Waals surface area contributed by atoms with Crippen LogP contribution in [0.1, 0.15) is 11.1 Å². The Balaban J connectivity index is 1.50. The number of carbonyl (C=O) groups is 2. The minimum atomic E-state index is -4.59. The molecule has 0 spiro atoms. The topological polar surface area (TPSA) is 82.5 Å². The number of halogens is 4. The fourth-order valence-electron chi connectivity index (χ4n) is 3.29. The standard InChI is InChI=1S/C25H17F4N3O3S/c26-17-8-10-18(11-9-17)31-22(33)14-35-20-7-2-1-4-15(20)12-21-23(34)32(24(30)36-21)19-6-3-5-16(13-19)25(27,28)29/h1-13,30H,14H2,(H,31,33)/b21-12-,30-24?. The molecule has 1 saturated heterocycles. The van der Waals surface area contributed by atoms with Crippen molar-refractivity contribution in [1.82, 2.24) is 0 Å². The van der Waals surface area contributed by atoms with Gasteiger partial charge in [-0.3, -0.25) is 19.9 Å². The average molecular weight is 515 g/mol. The number of amides is 2. The molecular formula is C25H17F4N3O3S. The molecule has 0 radical (unpaired) electrons. The van der Waals surface area contributed by atoms with E-state index < -0.39 is 29.4 Å². The number of hydrogen-bond donors (Lipinski definition) is 2. The highest BCUT2D eigenvalue weighted by molar-refractivity contribution is 8.19. The summed E-state index contributed by atoms with van der Waals surface area (Å²) in [5, 5.41) is 10.5. The van der Waals surface area contributed by atoms with Crippen molar-refractivity contribution >= 4 is 46.2 Å². The monoisotopic (exact) mass is 515 g/mol. The van der Waals surface area contributed by atoms with Gasteiger partial charge in [-0.25, -0.2) is 4.39 Å². The van der Waals surface area contributed by atoms with Crippen molar-refractivity contribution in [2.75, 3.05) is 16.8 Å². The molecule has 0 saturated carbocycles. The van der Waals surface area contributed by atoms with Crippen molar-refractivity contribution in [1.29, 1.82) is 5.41 Å². The summed E-state index contributed by atoms with van der Waals surface area (Å²) < 4.78 is 57.9. The molecule has 2 amide bonds. The molecule has 2 N–H and O–H groups in total. The number of benzene rings is 3. The summed E-state index contributed by atoms with van der Waals surface area (Å²) in [5.74, 6) is -1.32. The predicted molar refractivity (Wildman–Crippen MR) is 129 cm³/mol. The molecule has 11 heteroatoms. The lowest BCUT2D eigenvalue weighted by Gasteiger charge is -2.16. The summed E-state index contributed by atoms with van der Waals surface area (Å²) in [6.07, 6.45) is -3.14. The van der Waals surface area contributed by atoms with Crippen LogP contribution in [0.5, 0.6) is 5.75 Å². The van der Waals surface area contributed by atoms with Crippen LogP contribution in [0.25, 0.3) is 6.08 Å². The Morgan fingerprint density at radius 3 is 2.50 bits per heavy atom. The Hall–Kier alpha value is -4.12. The molecule has 1 aliphatic heterocycles. The number of rotatable bonds is 6. The summed E-state index contributed by atoms with van der Waals surface area (Å²) in [7, 11) is 0. The van der Waals surface area contributed by atoms with Crippen molar-refractivity contribution in [3.05, 3.63) is 94.6 Å². The lowest BCUT2D eigenvalue weighted by molar-refractivity contribution is -0.137. The van der Waals surface area contributed by atoms with Crippen molar-refractivity contribution < 1.29 is 31.9 Å². The van der Waals surface area contributed by atoms with Gasteiger partial charge in [0.2, 0.25) is 0 Å². The van der Waals surface area contributed by atoms with Gasteiger partial charge in [-0.05, 0) is 66.4 Å². The molecule has 0 aliphatic carbocycles. The number of nitrogens with one attached hydrogen (secondary N) is 2. The molecule has 4 rings (SSSR count). The first-order valence-electron chi connectivity index (χ1n) is 10.4. The molecule has 3 aromatic carbocycles. The Labute approximate surface area is 207 Å². The number of hydrogen-bond acceptors (Lipinski definition) is 5. The molecule has 1 heterocycles. The smallest absolute Gasteiger partial charge is 0.416 e. The lowest BCUT2D eigenvalue weighted by atomic mass is 10.1. The van der Waals surface area contributed by atoms with E-state index in [1.807, 2.05) is 0 Å². The van der Waals surface area contributed by atoms with E-state index in [4.69, 9.17) is 10.1 Å². The highest BCUT2D eigenvalue weighted by Gasteiger charge is 2.36. The summed E-state index contributed by atoms with van der Waals surface area (Å²) in [6.45, 7) is -0.370. The third-order valence-corrected chi connectivity index (χ3v) is 5.84. The second-order valence-electron chi connectivity index (χ2n) is 7.49. The van der Waals surface area contributed by atoms with E-state index in [1.54, 1.807) is 24.3 Å². The number of para-hydroxylation sites is 1. The number of amidine groups is 1. The van der Waals surface area contributed by atoms with Gasteiger partial charge < -0.3 is 10.1 Å². The maximum atomic E-state index is 13.1. The number of anilines is 2. The van der Waals surface area contributed by atoms with Gasteiger partial charge in [0.05, 0.1) is 16.2 Å². The van der Waals surface area contributed by atoms with Crippen LogP contribution < -0.4 is 15.0 Å². The molecule has 1 fully saturated rings. The first-order valence-corrected chi connectivity index (χ1v) is 11.2. The van der Waals surface area contributed by atoms with Gasteiger partial charge >= 0.3 is 6.18 Å². The van der Waals surface area contributed by atoms with Gasteiger partial charge in [0, 0.05) is 11.3 Å². The van der Waals surface area contributed by atoms with E-state index >= 15 is 0 Å². The molecule has 6 nitrogen and oxygen atoms in total. The first kappa shape index (κ1) is 25.0. The molecule has 0 aromatic heterocycles. The quantitative estimate of drug-likeness (QED) is 0.316. The Morgan fingerprint density at radius 2 is 1.78 bits per heavy atom. The second-order valence-corrected chi connectivity index (χ2v) is 8.52. The van der Waals surface area contributed by atoms with Crippen LogP contribution in [0.2, 0.25) is 0 Å². The summed E-state index contributed by atoms with van der Waals surface area (Å²) >= 11 is 0.795. The van der Waals surface area contributed by atoms with Crippen molar-refractivity contribution in [2.24, 2.45) is 0 Å². The Morgan fingerprint density at radius 1 is 1.06 bits per heavy atom. The van der Waals surface area contributed by atoms with E-state index in [1.165, 1.54) is 42.5 Å². The minimum absolute atomic E-state index is 0.0716. The normalized spacial score (nSPS) is 14.9. The zero-order valence-corrected chi connectivity index (χ0v) is 19.1. The predicted octanol–water partition coefficient (Wildman–Crippen LogP) is 5.92. The van der Waals surface area contributed by atoms with Crippen LogP contribution in [0.15, 0.2) is 77.7 Å². The second kappa shape index (κ2) is 10.2. The number of thioether (sulfide) groups is 1. The molecule has 0 bridgehead atoms. The van der Waals surface area contributed by atoms with Crippen LogP contribution in [-0.4, -0.2) is 23.6 Å². The van der Waals surface area contributed by atoms with Gasteiger partial charge in [-0.1, -0.05) is 24.3 Å². The van der Waals surface area contributed by atoms with Gasteiger partial charge in [-0.2, -0.15) is 13.2 Å². The highest BCUT2D eigenvalue weighted by atomic mass is 32.2. The number of ether oxygens (including phenoxy) is 1. The van der Waals surface area contributed by atoms with Crippen LogP contribution in [0.4, 0.5) is 28.9 Å². The summed E-state index contributed by atoms with van der Waals surface area (Å²) in [6, 6.07) is 16.0. The van der Waals surface area contributed by atoms with E-state index in [0.717, 1.165) is 28.8 Å². The Kier molecular flexibility index (Phi) is 7.11. The first-order chi connectivity index (χ1) is 17.1. The fourth-order valence-corrected chi connectivity index (χ4v) is 4.14. The average Bonchev–Trinajstić information content (AvgIpc) is 3.12. The van der Waals surface area contributed by atoms with E-state index in [2.05, 4.69) is 5.32 Å².